The van der Waals surface area contributed by atoms with E-state index < -0.39 is 0 Å². The highest BCUT2D eigenvalue weighted by Crippen LogP contribution is 2.26. The molecular weight excluding hydrogens is 348 g/mol. The molecular formula is C20H22N2O3S. The number of ether oxygens (including phenoxy) is 1. The molecule has 1 heterocycles. The summed E-state index contributed by atoms with van der Waals surface area (Å²) in [6, 6.07) is 13.2. The molecule has 0 radical (unpaired) electrons. The molecule has 3 aromatic rings. The van der Waals surface area contributed by atoms with Crippen LogP contribution < -0.4 is 14.9 Å². The summed E-state index contributed by atoms with van der Waals surface area (Å²) in [7, 11) is 0. The number of para-hydroxylation sites is 1. The Morgan fingerprint density at radius 1 is 1.23 bits per heavy atom. The van der Waals surface area contributed by atoms with Crippen molar-refractivity contribution in [1.29, 1.82) is 0 Å². The summed E-state index contributed by atoms with van der Waals surface area (Å²) in [5.41, 5.74) is 2.63. The summed E-state index contributed by atoms with van der Waals surface area (Å²) < 4.78 is 8.28. The largest absolute Gasteiger partial charge is 0.483 e. The Morgan fingerprint density at radius 2 is 2.00 bits per heavy atom. The van der Waals surface area contributed by atoms with E-state index in [0.29, 0.717) is 18.2 Å². The molecule has 0 saturated heterocycles. The zero-order chi connectivity index (χ0) is 18.7. The van der Waals surface area contributed by atoms with Crippen LogP contribution in [-0.2, 0) is 11.3 Å². The minimum atomic E-state index is -0.231. The van der Waals surface area contributed by atoms with E-state index in [4.69, 9.17) is 4.74 Å². The monoisotopic (exact) mass is 370 g/mol. The van der Waals surface area contributed by atoms with Crippen molar-refractivity contribution in [3.8, 4) is 5.75 Å². The van der Waals surface area contributed by atoms with E-state index >= 15 is 0 Å². The molecule has 0 aliphatic rings. The number of aromatic nitrogens is 1. The van der Waals surface area contributed by atoms with Crippen molar-refractivity contribution in [1.82, 2.24) is 4.57 Å². The van der Waals surface area contributed by atoms with Gasteiger partial charge < -0.3 is 10.1 Å². The van der Waals surface area contributed by atoms with E-state index in [-0.39, 0.29) is 17.4 Å². The standard InChI is InChI=1S/C20H22N2O3S/c1-4-22-16-10-9-14(11-18(16)26-20(22)24)21-19(23)12-25-17-8-6-5-7-15(17)13(2)3/h5-11,13H,4,12H2,1-3H3,(H,21,23). The third kappa shape index (κ3) is 3.80. The number of benzene rings is 2. The molecule has 1 N–H and O–H groups in total. The van der Waals surface area contributed by atoms with Gasteiger partial charge in [-0.3, -0.25) is 14.2 Å². The Hall–Kier alpha value is -2.60. The Morgan fingerprint density at radius 3 is 2.73 bits per heavy atom. The molecule has 0 spiro atoms. The zero-order valence-corrected chi connectivity index (χ0v) is 15.9. The van der Waals surface area contributed by atoms with Gasteiger partial charge in [0.2, 0.25) is 0 Å². The number of hydrogen-bond donors (Lipinski definition) is 1. The van der Waals surface area contributed by atoms with E-state index in [9.17, 15) is 9.59 Å². The van der Waals surface area contributed by atoms with Gasteiger partial charge in [-0.25, -0.2) is 0 Å². The first-order valence-corrected chi connectivity index (χ1v) is 9.46. The van der Waals surface area contributed by atoms with Crippen LogP contribution in [0.2, 0.25) is 0 Å². The highest BCUT2D eigenvalue weighted by molar-refractivity contribution is 7.16. The second-order valence-electron chi connectivity index (χ2n) is 6.32. The second kappa shape index (κ2) is 7.74. The average Bonchev–Trinajstić information content (AvgIpc) is 2.94. The summed E-state index contributed by atoms with van der Waals surface area (Å²) in [6.07, 6.45) is 0. The molecule has 3 rings (SSSR count). The first-order valence-electron chi connectivity index (χ1n) is 8.64. The fraction of sp³-hybridized carbons (Fsp3) is 0.300. The number of nitrogens with one attached hydrogen (secondary N) is 1. The van der Waals surface area contributed by atoms with Crippen LogP contribution in [0.4, 0.5) is 5.69 Å². The second-order valence-corrected chi connectivity index (χ2v) is 7.32. The maximum atomic E-state index is 12.2. The lowest BCUT2D eigenvalue weighted by atomic mass is 10.0. The summed E-state index contributed by atoms with van der Waals surface area (Å²) in [6.45, 7) is 6.69. The zero-order valence-electron chi connectivity index (χ0n) is 15.1. The van der Waals surface area contributed by atoms with Gasteiger partial charge in [0.1, 0.15) is 5.75 Å². The molecule has 1 amide bonds. The summed E-state index contributed by atoms with van der Waals surface area (Å²) in [5.74, 6) is 0.818. The van der Waals surface area contributed by atoms with E-state index in [1.807, 2.05) is 43.3 Å². The van der Waals surface area contributed by atoms with Crippen molar-refractivity contribution in [2.45, 2.75) is 33.2 Å². The van der Waals surface area contributed by atoms with Gasteiger partial charge in [0.25, 0.3) is 5.91 Å². The first-order chi connectivity index (χ1) is 12.5. The molecule has 0 unspecified atom stereocenters. The predicted molar refractivity (Wildman–Crippen MR) is 106 cm³/mol. The number of rotatable bonds is 6. The van der Waals surface area contributed by atoms with Crippen molar-refractivity contribution in [2.24, 2.45) is 0 Å². The quantitative estimate of drug-likeness (QED) is 0.706. The van der Waals surface area contributed by atoms with Gasteiger partial charge in [-0.2, -0.15) is 0 Å². The lowest BCUT2D eigenvalue weighted by Gasteiger charge is -2.13. The highest BCUT2D eigenvalue weighted by atomic mass is 32.1. The lowest BCUT2D eigenvalue weighted by molar-refractivity contribution is -0.118. The molecule has 0 aliphatic heterocycles. The lowest BCUT2D eigenvalue weighted by Crippen LogP contribution is -2.20. The summed E-state index contributed by atoms with van der Waals surface area (Å²) >= 11 is 1.18. The van der Waals surface area contributed by atoms with Crippen LogP contribution in [0.25, 0.3) is 10.2 Å². The maximum Gasteiger partial charge on any atom is 0.308 e. The van der Waals surface area contributed by atoms with Gasteiger partial charge >= 0.3 is 4.87 Å². The van der Waals surface area contributed by atoms with E-state index in [2.05, 4.69) is 19.2 Å². The third-order valence-electron chi connectivity index (χ3n) is 4.17. The fourth-order valence-electron chi connectivity index (χ4n) is 2.87. The van der Waals surface area contributed by atoms with Gasteiger partial charge in [0.15, 0.2) is 6.61 Å². The Labute approximate surface area is 156 Å². The van der Waals surface area contributed by atoms with Crippen LogP contribution in [-0.4, -0.2) is 17.1 Å². The van der Waals surface area contributed by atoms with E-state index in [0.717, 1.165) is 21.5 Å². The van der Waals surface area contributed by atoms with Crippen LogP contribution in [0.5, 0.6) is 5.75 Å². The normalized spacial score (nSPS) is 11.1. The number of carbonyl (C=O) groups is 1. The van der Waals surface area contributed by atoms with Gasteiger partial charge in [0, 0.05) is 12.2 Å². The number of carbonyl (C=O) groups excluding carboxylic acids is 1. The van der Waals surface area contributed by atoms with Gasteiger partial charge in [-0.1, -0.05) is 43.4 Å². The third-order valence-corrected chi connectivity index (χ3v) is 5.11. The van der Waals surface area contributed by atoms with Crippen molar-refractivity contribution in [3.05, 3.63) is 57.7 Å². The molecule has 0 aliphatic carbocycles. The fourth-order valence-corrected chi connectivity index (χ4v) is 3.87. The smallest absolute Gasteiger partial charge is 0.308 e. The van der Waals surface area contributed by atoms with Crippen LogP contribution in [0.3, 0.4) is 0 Å². The number of hydrogen-bond acceptors (Lipinski definition) is 4. The minimum Gasteiger partial charge on any atom is -0.483 e. The first kappa shape index (κ1) is 18.2. The number of thiazole rings is 1. The molecule has 2 aromatic carbocycles. The highest BCUT2D eigenvalue weighted by Gasteiger charge is 2.11. The summed E-state index contributed by atoms with van der Waals surface area (Å²) in [5, 5.41) is 2.83. The molecule has 0 fully saturated rings. The molecule has 0 atom stereocenters. The van der Waals surface area contributed by atoms with E-state index in [1.54, 1.807) is 10.6 Å². The number of anilines is 1. The van der Waals surface area contributed by atoms with Gasteiger partial charge in [0.05, 0.1) is 10.2 Å². The van der Waals surface area contributed by atoms with Crippen LogP contribution in [0, 0.1) is 0 Å². The Bertz CT molecular complexity index is 988. The van der Waals surface area contributed by atoms with Gasteiger partial charge in [-0.05, 0) is 42.7 Å². The Balaban J connectivity index is 1.69. The number of aryl methyl sites for hydroxylation is 1. The SMILES string of the molecule is CCn1c(=O)sc2cc(NC(=O)COc3ccccc3C(C)C)ccc21. The predicted octanol–water partition coefficient (Wildman–Crippen LogP) is 4.22. The van der Waals surface area contributed by atoms with Crippen molar-refractivity contribution >= 4 is 33.1 Å². The van der Waals surface area contributed by atoms with Crippen LogP contribution in [0.15, 0.2) is 47.3 Å². The van der Waals surface area contributed by atoms with Gasteiger partial charge in [-0.15, -0.1) is 0 Å². The Kier molecular flexibility index (Phi) is 5.42. The molecule has 6 heteroatoms. The van der Waals surface area contributed by atoms with Crippen LogP contribution in [0.1, 0.15) is 32.3 Å². The van der Waals surface area contributed by atoms with Crippen molar-refractivity contribution in [3.63, 3.8) is 0 Å². The molecule has 1 aromatic heterocycles. The number of nitrogens with zero attached hydrogens (tertiary/aromatic N) is 1. The maximum absolute atomic E-state index is 12.2. The minimum absolute atomic E-state index is 0.0135. The molecule has 136 valence electrons. The molecule has 26 heavy (non-hydrogen) atoms. The number of amides is 1. The van der Waals surface area contributed by atoms with Crippen molar-refractivity contribution < 1.29 is 9.53 Å². The summed E-state index contributed by atoms with van der Waals surface area (Å²) in [4.78, 5) is 24.2. The van der Waals surface area contributed by atoms with Crippen LogP contribution >= 0.6 is 11.3 Å². The molecule has 0 saturated carbocycles. The van der Waals surface area contributed by atoms with Crippen molar-refractivity contribution in [2.75, 3.05) is 11.9 Å². The van der Waals surface area contributed by atoms with E-state index in [1.165, 1.54) is 11.3 Å². The molecule has 5 nitrogen and oxygen atoms in total. The topological polar surface area (TPSA) is 60.3 Å². The number of fused-ring (bicyclic) bond motifs is 1. The average molecular weight is 370 g/mol. The molecule has 0 bridgehead atoms.